The Labute approximate surface area is 131 Å². The van der Waals surface area contributed by atoms with E-state index in [0.717, 1.165) is 22.4 Å². The molecule has 0 fully saturated rings. The van der Waals surface area contributed by atoms with Gasteiger partial charge in [0.15, 0.2) is 5.82 Å². The normalized spacial score (nSPS) is 11.0. The molecule has 0 aliphatic heterocycles. The Bertz CT molecular complexity index is 854. The largest absolute Gasteiger partial charge is 0.352 e. The van der Waals surface area contributed by atoms with Gasteiger partial charge in [-0.25, -0.2) is 4.98 Å². The summed E-state index contributed by atoms with van der Waals surface area (Å²) in [5, 5.41) is 16.3. The highest BCUT2D eigenvalue weighted by Crippen LogP contribution is 2.29. The monoisotopic (exact) mass is 317 g/mol. The Morgan fingerprint density at radius 3 is 2.86 bits per heavy atom. The summed E-state index contributed by atoms with van der Waals surface area (Å²) in [7, 11) is 3.74. The van der Waals surface area contributed by atoms with Crippen LogP contribution in [0.4, 0.5) is 11.5 Å². The number of nitro groups is 1. The zero-order valence-electron chi connectivity index (χ0n) is 12.5. The molecule has 22 heavy (non-hydrogen) atoms. The molecule has 0 N–H and O–H groups in total. The molecule has 7 nitrogen and oxygen atoms in total. The van der Waals surface area contributed by atoms with E-state index in [1.807, 2.05) is 24.4 Å². The van der Waals surface area contributed by atoms with Crippen molar-refractivity contribution in [3.63, 3.8) is 0 Å². The van der Waals surface area contributed by atoms with Crippen LogP contribution in [0.2, 0.25) is 0 Å². The van der Waals surface area contributed by atoms with E-state index < -0.39 is 4.92 Å². The van der Waals surface area contributed by atoms with Crippen LogP contribution in [-0.2, 0) is 13.6 Å². The van der Waals surface area contributed by atoms with E-state index in [-0.39, 0.29) is 5.69 Å². The van der Waals surface area contributed by atoms with Gasteiger partial charge in [-0.2, -0.15) is 5.10 Å². The van der Waals surface area contributed by atoms with Crippen molar-refractivity contribution in [3.05, 3.63) is 44.4 Å². The summed E-state index contributed by atoms with van der Waals surface area (Å²) in [5.74, 6) is 0.791. The Morgan fingerprint density at radius 1 is 1.45 bits per heavy atom. The molecule has 0 saturated carbocycles. The minimum Gasteiger partial charge on any atom is -0.352 e. The van der Waals surface area contributed by atoms with Crippen LogP contribution in [0.15, 0.2) is 23.7 Å². The molecule has 0 spiro atoms. The Balaban J connectivity index is 2.00. The van der Waals surface area contributed by atoms with Gasteiger partial charge in [-0.15, -0.1) is 11.3 Å². The average Bonchev–Trinajstić information content (AvgIpc) is 3.03. The maximum Gasteiger partial charge on any atom is 0.271 e. The van der Waals surface area contributed by atoms with Gasteiger partial charge in [0.2, 0.25) is 0 Å². The second-order valence-corrected chi connectivity index (χ2v) is 6.18. The van der Waals surface area contributed by atoms with Gasteiger partial charge in [0.25, 0.3) is 5.69 Å². The van der Waals surface area contributed by atoms with Gasteiger partial charge < -0.3 is 4.90 Å². The zero-order chi connectivity index (χ0) is 15.9. The fourth-order valence-electron chi connectivity index (χ4n) is 2.40. The first-order valence-corrected chi connectivity index (χ1v) is 7.56. The van der Waals surface area contributed by atoms with Crippen LogP contribution >= 0.6 is 11.3 Å². The molecule has 0 amide bonds. The number of hydrogen-bond acceptors (Lipinski definition) is 6. The highest BCUT2D eigenvalue weighted by atomic mass is 32.1. The van der Waals surface area contributed by atoms with Crippen molar-refractivity contribution < 1.29 is 4.92 Å². The lowest BCUT2D eigenvalue weighted by atomic mass is 10.2. The van der Waals surface area contributed by atoms with Crippen molar-refractivity contribution >= 4 is 33.7 Å². The lowest BCUT2D eigenvalue weighted by Gasteiger charge is -2.15. The first-order valence-electron chi connectivity index (χ1n) is 6.68. The molecular weight excluding hydrogens is 302 g/mol. The van der Waals surface area contributed by atoms with Crippen molar-refractivity contribution in [1.82, 2.24) is 14.8 Å². The minimum absolute atomic E-state index is 0.0695. The number of aryl methyl sites for hydroxylation is 2. The number of non-ortho nitro benzene ring substituents is 1. The van der Waals surface area contributed by atoms with Crippen LogP contribution in [0.25, 0.3) is 10.9 Å². The van der Waals surface area contributed by atoms with Crippen LogP contribution in [0.3, 0.4) is 0 Å². The smallest absolute Gasteiger partial charge is 0.271 e. The number of nitro benzene ring substituents is 1. The molecule has 2 heterocycles. The molecular formula is C14H15N5O2S. The number of benzene rings is 1. The predicted molar refractivity (Wildman–Crippen MR) is 86.3 cm³/mol. The van der Waals surface area contributed by atoms with E-state index in [0.29, 0.717) is 6.54 Å². The highest BCUT2D eigenvalue weighted by Gasteiger charge is 2.17. The van der Waals surface area contributed by atoms with Gasteiger partial charge >= 0.3 is 0 Å². The van der Waals surface area contributed by atoms with Crippen LogP contribution in [0.5, 0.6) is 0 Å². The molecule has 1 aromatic carbocycles. The summed E-state index contributed by atoms with van der Waals surface area (Å²) in [4.78, 5) is 18.1. The molecule has 114 valence electrons. The van der Waals surface area contributed by atoms with E-state index in [9.17, 15) is 10.1 Å². The maximum atomic E-state index is 10.9. The lowest BCUT2D eigenvalue weighted by Crippen LogP contribution is -2.18. The second-order valence-electron chi connectivity index (χ2n) is 5.12. The first kappa shape index (κ1) is 14.5. The van der Waals surface area contributed by atoms with E-state index in [1.54, 1.807) is 35.2 Å². The molecule has 2 aromatic heterocycles. The quantitative estimate of drug-likeness (QED) is 0.546. The van der Waals surface area contributed by atoms with Gasteiger partial charge in [0.05, 0.1) is 28.2 Å². The molecule has 0 radical (unpaired) electrons. The highest BCUT2D eigenvalue weighted by molar-refractivity contribution is 7.09. The van der Waals surface area contributed by atoms with Crippen LogP contribution < -0.4 is 4.90 Å². The number of nitrogens with zero attached hydrogens (tertiary/aromatic N) is 5. The molecule has 3 aromatic rings. The van der Waals surface area contributed by atoms with E-state index in [2.05, 4.69) is 10.1 Å². The average molecular weight is 317 g/mol. The second kappa shape index (κ2) is 5.38. The van der Waals surface area contributed by atoms with Gasteiger partial charge in [-0.05, 0) is 13.0 Å². The van der Waals surface area contributed by atoms with Crippen LogP contribution in [0.1, 0.15) is 10.6 Å². The van der Waals surface area contributed by atoms with Gasteiger partial charge in [0.1, 0.15) is 0 Å². The van der Waals surface area contributed by atoms with Crippen LogP contribution in [-0.4, -0.2) is 26.7 Å². The number of anilines is 1. The molecule has 0 bridgehead atoms. The minimum atomic E-state index is -0.394. The third kappa shape index (κ3) is 2.41. The van der Waals surface area contributed by atoms with E-state index in [4.69, 9.17) is 0 Å². The van der Waals surface area contributed by atoms with Crippen molar-refractivity contribution in [2.45, 2.75) is 13.5 Å². The summed E-state index contributed by atoms with van der Waals surface area (Å²) in [6, 6.07) is 4.81. The van der Waals surface area contributed by atoms with Crippen molar-refractivity contribution in [2.24, 2.45) is 7.05 Å². The molecule has 0 aliphatic carbocycles. The van der Waals surface area contributed by atoms with Gasteiger partial charge in [0, 0.05) is 36.5 Å². The van der Waals surface area contributed by atoms with Gasteiger partial charge in [-0.1, -0.05) is 0 Å². The van der Waals surface area contributed by atoms with Crippen molar-refractivity contribution in [1.29, 1.82) is 0 Å². The number of thiazole rings is 1. The standard InChI is InChI=1S/C14H15N5O2S/c1-9-12(15-8-22-9)7-17(2)14-11-5-4-10(19(20)21)6-13(11)18(3)16-14/h4-6,8H,7H2,1-3H3. The van der Waals surface area contributed by atoms with Crippen molar-refractivity contribution in [3.8, 4) is 0 Å². The molecule has 0 saturated heterocycles. The Kier molecular flexibility index (Phi) is 3.53. The summed E-state index contributed by atoms with van der Waals surface area (Å²) < 4.78 is 1.67. The number of hydrogen-bond donors (Lipinski definition) is 0. The SMILES string of the molecule is Cc1scnc1CN(C)c1nn(C)c2cc([N+](=O)[O-])ccc12. The number of rotatable bonds is 4. The van der Waals surface area contributed by atoms with Gasteiger partial charge in [-0.3, -0.25) is 14.8 Å². The summed E-state index contributed by atoms with van der Waals surface area (Å²) in [6.45, 7) is 2.69. The maximum absolute atomic E-state index is 10.9. The molecule has 0 aliphatic rings. The lowest BCUT2D eigenvalue weighted by molar-refractivity contribution is -0.384. The zero-order valence-corrected chi connectivity index (χ0v) is 13.3. The van der Waals surface area contributed by atoms with Crippen molar-refractivity contribution in [2.75, 3.05) is 11.9 Å². The van der Waals surface area contributed by atoms with E-state index >= 15 is 0 Å². The summed E-state index contributed by atoms with van der Waals surface area (Å²) >= 11 is 1.62. The first-order chi connectivity index (χ1) is 10.5. The molecule has 0 unspecified atom stereocenters. The van der Waals surface area contributed by atoms with E-state index in [1.165, 1.54) is 10.9 Å². The molecule has 3 rings (SSSR count). The third-order valence-corrected chi connectivity index (χ3v) is 4.42. The third-order valence-electron chi connectivity index (χ3n) is 3.62. The fraction of sp³-hybridized carbons (Fsp3) is 0.286. The summed E-state index contributed by atoms with van der Waals surface area (Å²) in [6.07, 6.45) is 0. The number of aromatic nitrogens is 3. The predicted octanol–water partition coefficient (Wildman–Crippen LogP) is 2.88. The molecule has 8 heteroatoms. The molecule has 0 atom stereocenters. The Morgan fingerprint density at radius 2 is 2.23 bits per heavy atom. The van der Waals surface area contributed by atoms with Crippen LogP contribution in [0, 0.1) is 17.0 Å². The Hall–Kier alpha value is -2.48. The summed E-state index contributed by atoms with van der Waals surface area (Å²) in [5.41, 5.74) is 3.66. The fourth-order valence-corrected chi connectivity index (χ4v) is 2.99. The topological polar surface area (TPSA) is 77.1 Å². The number of fused-ring (bicyclic) bond motifs is 1.